The SMILES string of the molecule is Clc1ccc(Cl)c(NCC2Cc3ccccc32)c1. The van der Waals surface area contributed by atoms with Crippen LogP contribution in [0.4, 0.5) is 5.69 Å². The van der Waals surface area contributed by atoms with Crippen LogP contribution in [-0.2, 0) is 6.42 Å². The Labute approximate surface area is 117 Å². The summed E-state index contributed by atoms with van der Waals surface area (Å²) in [6.45, 7) is 0.900. The average molecular weight is 278 g/mol. The number of nitrogens with one attached hydrogen (secondary N) is 1. The fourth-order valence-electron chi connectivity index (χ4n) is 2.41. The zero-order valence-electron chi connectivity index (χ0n) is 9.79. The van der Waals surface area contributed by atoms with Crippen molar-refractivity contribution in [2.24, 2.45) is 0 Å². The van der Waals surface area contributed by atoms with E-state index in [1.54, 1.807) is 6.07 Å². The Hall–Kier alpha value is -1.18. The van der Waals surface area contributed by atoms with Crippen LogP contribution in [0.2, 0.25) is 10.0 Å². The molecule has 3 heteroatoms. The number of halogens is 2. The van der Waals surface area contributed by atoms with Gasteiger partial charge in [-0.3, -0.25) is 0 Å². The molecule has 92 valence electrons. The molecule has 0 fully saturated rings. The lowest BCUT2D eigenvalue weighted by atomic mass is 9.77. The van der Waals surface area contributed by atoms with E-state index in [4.69, 9.17) is 23.2 Å². The maximum atomic E-state index is 6.12. The van der Waals surface area contributed by atoms with Gasteiger partial charge < -0.3 is 5.32 Å². The first-order chi connectivity index (χ1) is 8.74. The second kappa shape index (κ2) is 4.83. The second-order valence-electron chi connectivity index (χ2n) is 4.60. The van der Waals surface area contributed by atoms with Crippen LogP contribution in [0.5, 0.6) is 0 Å². The minimum atomic E-state index is 0.580. The first kappa shape index (κ1) is 11.9. The topological polar surface area (TPSA) is 12.0 Å². The van der Waals surface area contributed by atoms with Crippen LogP contribution in [0, 0.1) is 0 Å². The van der Waals surface area contributed by atoms with Gasteiger partial charge in [-0.05, 0) is 35.7 Å². The molecule has 0 saturated carbocycles. The Morgan fingerprint density at radius 3 is 2.78 bits per heavy atom. The van der Waals surface area contributed by atoms with Crippen LogP contribution in [0.1, 0.15) is 17.0 Å². The second-order valence-corrected chi connectivity index (χ2v) is 5.45. The Bertz CT molecular complexity index is 580. The summed E-state index contributed by atoms with van der Waals surface area (Å²) in [6.07, 6.45) is 1.14. The normalized spacial score (nSPS) is 16.9. The number of hydrogen-bond acceptors (Lipinski definition) is 1. The molecule has 18 heavy (non-hydrogen) atoms. The van der Waals surface area contributed by atoms with Gasteiger partial charge in [-0.15, -0.1) is 0 Å². The summed E-state index contributed by atoms with van der Waals surface area (Å²) >= 11 is 12.1. The average Bonchev–Trinajstić information content (AvgIpc) is 2.34. The molecule has 0 spiro atoms. The number of rotatable bonds is 3. The van der Waals surface area contributed by atoms with Gasteiger partial charge in [-0.25, -0.2) is 0 Å². The summed E-state index contributed by atoms with van der Waals surface area (Å²) in [5, 5.41) is 4.80. The third-order valence-electron chi connectivity index (χ3n) is 3.43. The molecule has 0 radical (unpaired) electrons. The van der Waals surface area contributed by atoms with Crippen molar-refractivity contribution in [2.75, 3.05) is 11.9 Å². The van der Waals surface area contributed by atoms with Crippen LogP contribution in [0.15, 0.2) is 42.5 Å². The monoisotopic (exact) mass is 277 g/mol. The highest BCUT2D eigenvalue weighted by molar-refractivity contribution is 6.35. The lowest BCUT2D eigenvalue weighted by molar-refractivity contribution is 0.636. The molecule has 0 amide bonds. The van der Waals surface area contributed by atoms with Crippen LogP contribution in [0.3, 0.4) is 0 Å². The van der Waals surface area contributed by atoms with Gasteiger partial charge in [-0.1, -0.05) is 47.5 Å². The molecule has 1 aliphatic carbocycles. The Morgan fingerprint density at radius 1 is 1.11 bits per heavy atom. The van der Waals surface area contributed by atoms with Crippen LogP contribution >= 0.6 is 23.2 Å². The number of anilines is 1. The number of fused-ring (bicyclic) bond motifs is 1. The molecule has 2 aromatic carbocycles. The fourth-order valence-corrected chi connectivity index (χ4v) is 2.77. The highest BCUT2D eigenvalue weighted by Crippen LogP contribution is 2.35. The van der Waals surface area contributed by atoms with E-state index in [-0.39, 0.29) is 0 Å². The van der Waals surface area contributed by atoms with Crippen molar-refractivity contribution in [3.8, 4) is 0 Å². The van der Waals surface area contributed by atoms with Gasteiger partial charge in [0.05, 0.1) is 10.7 Å². The van der Waals surface area contributed by atoms with Gasteiger partial charge in [0.25, 0.3) is 0 Å². The molecule has 0 bridgehead atoms. The highest BCUT2D eigenvalue weighted by atomic mass is 35.5. The predicted molar refractivity (Wildman–Crippen MR) is 77.8 cm³/mol. The number of hydrogen-bond donors (Lipinski definition) is 1. The Kier molecular flexibility index (Phi) is 3.19. The minimum Gasteiger partial charge on any atom is -0.383 e. The van der Waals surface area contributed by atoms with Crippen molar-refractivity contribution >= 4 is 28.9 Å². The van der Waals surface area contributed by atoms with Gasteiger partial charge >= 0.3 is 0 Å². The predicted octanol–water partition coefficient (Wildman–Crippen LogP) is 4.75. The lowest BCUT2D eigenvalue weighted by Gasteiger charge is -2.30. The van der Waals surface area contributed by atoms with E-state index in [9.17, 15) is 0 Å². The van der Waals surface area contributed by atoms with Crippen molar-refractivity contribution in [1.82, 2.24) is 0 Å². The molecule has 1 unspecified atom stereocenters. The standard InChI is InChI=1S/C15H13Cl2N/c16-12-5-6-14(17)15(8-12)18-9-11-7-10-3-1-2-4-13(10)11/h1-6,8,11,18H,7,9H2. The smallest absolute Gasteiger partial charge is 0.0638 e. The third kappa shape index (κ3) is 2.21. The third-order valence-corrected chi connectivity index (χ3v) is 3.99. The lowest BCUT2D eigenvalue weighted by Crippen LogP contribution is -2.24. The van der Waals surface area contributed by atoms with E-state index >= 15 is 0 Å². The first-order valence-electron chi connectivity index (χ1n) is 6.01. The molecule has 1 N–H and O–H groups in total. The van der Waals surface area contributed by atoms with Gasteiger partial charge in [0.2, 0.25) is 0 Å². The van der Waals surface area contributed by atoms with Gasteiger partial charge in [-0.2, -0.15) is 0 Å². The molecule has 1 aliphatic rings. The molecule has 0 aliphatic heterocycles. The summed E-state index contributed by atoms with van der Waals surface area (Å²) in [7, 11) is 0. The van der Waals surface area contributed by atoms with Crippen molar-refractivity contribution in [1.29, 1.82) is 0 Å². The minimum absolute atomic E-state index is 0.580. The summed E-state index contributed by atoms with van der Waals surface area (Å²) in [6, 6.07) is 14.1. The molecule has 1 atom stereocenters. The summed E-state index contributed by atoms with van der Waals surface area (Å²) in [5.74, 6) is 0.580. The van der Waals surface area contributed by atoms with Gasteiger partial charge in [0.15, 0.2) is 0 Å². The summed E-state index contributed by atoms with van der Waals surface area (Å²) in [5.41, 5.74) is 3.82. The zero-order valence-corrected chi connectivity index (χ0v) is 11.3. The molecule has 2 aromatic rings. The van der Waals surface area contributed by atoms with Crippen LogP contribution in [-0.4, -0.2) is 6.54 Å². The van der Waals surface area contributed by atoms with E-state index in [0.717, 1.165) is 18.7 Å². The Balaban J connectivity index is 1.68. The van der Waals surface area contributed by atoms with Gasteiger partial charge in [0.1, 0.15) is 0 Å². The van der Waals surface area contributed by atoms with E-state index in [1.165, 1.54) is 11.1 Å². The van der Waals surface area contributed by atoms with Crippen molar-refractivity contribution in [2.45, 2.75) is 12.3 Å². The molecular weight excluding hydrogens is 265 g/mol. The van der Waals surface area contributed by atoms with Crippen molar-refractivity contribution < 1.29 is 0 Å². The largest absolute Gasteiger partial charge is 0.383 e. The van der Waals surface area contributed by atoms with E-state index < -0.39 is 0 Å². The number of benzene rings is 2. The van der Waals surface area contributed by atoms with Crippen molar-refractivity contribution in [3.05, 3.63) is 63.6 Å². The molecule has 1 nitrogen and oxygen atoms in total. The summed E-state index contributed by atoms with van der Waals surface area (Å²) in [4.78, 5) is 0. The Morgan fingerprint density at radius 2 is 1.94 bits per heavy atom. The first-order valence-corrected chi connectivity index (χ1v) is 6.76. The maximum Gasteiger partial charge on any atom is 0.0638 e. The quantitative estimate of drug-likeness (QED) is 0.854. The maximum absolute atomic E-state index is 6.12. The van der Waals surface area contributed by atoms with Crippen molar-refractivity contribution in [3.63, 3.8) is 0 Å². The van der Waals surface area contributed by atoms with E-state index in [0.29, 0.717) is 16.0 Å². The van der Waals surface area contributed by atoms with Crippen LogP contribution < -0.4 is 5.32 Å². The van der Waals surface area contributed by atoms with E-state index in [2.05, 4.69) is 29.6 Å². The van der Waals surface area contributed by atoms with E-state index in [1.807, 2.05) is 12.1 Å². The molecule has 0 heterocycles. The van der Waals surface area contributed by atoms with Gasteiger partial charge in [0, 0.05) is 17.5 Å². The zero-order chi connectivity index (χ0) is 12.5. The van der Waals surface area contributed by atoms with Crippen LogP contribution in [0.25, 0.3) is 0 Å². The fraction of sp³-hybridized carbons (Fsp3) is 0.200. The molecule has 0 saturated heterocycles. The molecular formula is C15H13Cl2N. The molecule has 3 rings (SSSR count). The summed E-state index contributed by atoms with van der Waals surface area (Å²) < 4.78 is 0. The highest BCUT2D eigenvalue weighted by Gasteiger charge is 2.24. The molecule has 0 aromatic heterocycles.